The largest absolute Gasteiger partial charge is 0.478 e. The first-order chi connectivity index (χ1) is 11.6. The number of hydrogen-bond acceptors (Lipinski definition) is 2. The highest BCUT2D eigenvalue weighted by Crippen LogP contribution is 2.24. The molecule has 0 aliphatic heterocycles. The molecule has 2 aromatic rings. The van der Waals surface area contributed by atoms with Gasteiger partial charge in [-0.3, -0.25) is 4.79 Å². The average Bonchev–Trinajstić information content (AvgIpc) is 2.61. The van der Waals surface area contributed by atoms with Gasteiger partial charge in [0.25, 0.3) is 5.91 Å². The summed E-state index contributed by atoms with van der Waals surface area (Å²) in [5.74, 6) is -0.623. The fourth-order valence-corrected chi connectivity index (χ4v) is 2.62. The summed E-state index contributed by atoms with van der Waals surface area (Å²) in [6.45, 7) is 5.95. The first-order valence-electron chi connectivity index (χ1n) is 8.43. The molecule has 128 valence electrons. The summed E-state index contributed by atoms with van der Waals surface area (Å²) >= 11 is 0. The van der Waals surface area contributed by atoms with E-state index in [-0.39, 0.29) is 11.7 Å². The molecule has 0 aliphatic carbocycles. The SMILES string of the molecule is CCc1cccc(CC)c1NC(=O)[C@@H](CC)Oc1ccccc1F. The molecular weight excluding hydrogens is 305 g/mol. The third-order valence-corrected chi connectivity index (χ3v) is 4.02. The highest BCUT2D eigenvalue weighted by Gasteiger charge is 2.21. The van der Waals surface area contributed by atoms with Gasteiger partial charge in [-0.2, -0.15) is 0 Å². The predicted octanol–water partition coefficient (Wildman–Crippen LogP) is 4.75. The second-order valence-corrected chi connectivity index (χ2v) is 5.59. The van der Waals surface area contributed by atoms with Crippen LogP contribution in [-0.4, -0.2) is 12.0 Å². The van der Waals surface area contributed by atoms with Crippen molar-refractivity contribution in [2.75, 3.05) is 5.32 Å². The van der Waals surface area contributed by atoms with Crippen LogP contribution in [0.2, 0.25) is 0 Å². The van der Waals surface area contributed by atoms with E-state index in [1.165, 1.54) is 12.1 Å². The number of aryl methyl sites for hydroxylation is 2. The lowest BCUT2D eigenvalue weighted by atomic mass is 10.0. The number of amides is 1. The Morgan fingerprint density at radius 2 is 1.67 bits per heavy atom. The van der Waals surface area contributed by atoms with E-state index in [1.807, 2.05) is 25.1 Å². The summed E-state index contributed by atoms with van der Waals surface area (Å²) in [4.78, 5) is 12.6. The van der Waals surface area contributed by atoms with Crippen LogP contribution in [0.3, 0.4) is 0 Å². The number of ether oxygens (including phenoxy) is 1. The molecule has 1 atom stereocenters. The molecule has 1 N–H and O–H groups in total. The van der Waals surface area contributed by atoms with Crippen molar-refractivity contribution < 1.29 is 13.9 Å². The quantitative estimate of drug-likeness (QED) is 0.796. The zero-order chi connectivity index (χ0) is 17.5. The Morgan fingerprint density at radius 3 is 2.21 bits per heavy atom. The van der Waals surface area contributed by atoms with Gasteiger partial charge in [-0.25, -0.2) is 4.39 Å². The molecule has 2 aromatic carbocycles. The predicted molar refractivity (Wildman–Crippen MR) is 94.9 cm³/mol. The fraction of sp³-hybridized carbons (Fsp3) is 0.350. The number of carbonyl (C=O) groups excluding carboxylic acids is 1. The molecule has 3 nitrogen and oxygen atoms in total. The smallest absolute Gasteiger partial charge is 0.265 e. The minimum absolute atomic E-state index is 0.0963. The summed E-state index contributed by atoms with van der Waals surface area (Å²) in [7, 11) is 0. The van der Waals surface area contributed by atoms with Crippen molar-refractivity contribution >= 4 is 11.6 Å². The lowest BCUT2D eigenvalue weighted by Crippen LogP contribution is -2.33. The second kappa shape index (κ2) is 8.48. The van der Waals surface area contributed by atoms with Crippen LogP contribution < -0.4 is 10.1 Å². The van der Waals surface area contributed by atoms with Gasteiger partial charge in [-0.1, -0.05) is 51.1 Å². The van der Waals surface area contributed by atoms with Crippen molar-refractivity contribution in [3.8, 4) is 5.75 Å². The number of hydrogen-bond donors (Lipinski definition) is 1. The summed E-state index contributed by atoms with van der Waals surface area (Å²) in [5.41, 5.74) is 3.02. The van der Waals surface area contributed by atoms with E-state index >= 15 is 0 Å². The molecule has 0 unspecified atom stereocenters. The molecule has 0 aliphatic rings. The molecule has 0 saturated carbocycles. The normalized spacial score (nSPS) is 11.8. The van der Waals surface area contributed by atoms with Crippen LogP contribution in [-0.2, 0) is 17.6 Å². The van der Waals surface area contributed by atoms with Crippen LogP contribution in [0.5, 0.6) is 5.75 Å². The number of para-hydroxylation sites is 2. The molecule has 0 fully saturated rings. The third kappa shape index (κ3) is 4.13. The van der Waals surface area contributed by atoms with Crippen molar-refractivity contribution in [2.45, 2.75) is 46.1 Å². The molecular formula is C20H24FNO2. The molecule has 2 rings (SSSR count). The molecule has 0 saturated heterocycles. The Morgan fingerprint density at radius 1 is 1.04 bits per heavy atom. The summed E-state index contributed by atoms with van der Waals surface area (Å²) in [6.07, 6.45) is 1.37. The zero-order valence-corrected chi connectivity index (χ0v) is 14.4. The van der Waals surface area contributed by atoms with Crippen molar-refractivity contribution in [1.82, 2.24) is 0 Å². The topological polar surface area (TPSA) is 38.3 Å². The first kappa shape index (κ1) is 18.0. The van der Waals surface area contributed by atoms with Crippen molar-refractivity contribution in [3.63, 3.8) is 0 Å². The Bertz CT molecular complexity index is 678. The highest BCUT2D eigenvalue weighted by atomic mass is 19.1. The Balaban J connectivity index is 2.20. The van der Waals surface area contributed by atoms with Gasteiger partial charge in [0, 0.05) is 5.69 Å². The monoisotopic (exact) mass is 329 g/mol. The molecule has 0 spiro atoms. The Labute approximate surface area is 142 Å². The third-order valence-electron chi connectivity index (χ3n) is 4.02. The van der Waals surface area contributed by atoms with Gasteiger partial charge in [-0.15, -0.1) is 0 Å². The average molecular weight is 329 g/mol. The van der Waals surface area contributed by atoms with E-state index in [2.05, 4.69) is 19.2 Å². The van der Waals surface area contributed by atoms with E-state index in [9.17, 15) is 9.18 Å². The van der Waals surface area contributed by atoms with Crippen molar-refractivity contribution in [1.29, 1.82) is 0 Å². The lowest BCUT2D eigenvalue weighted by molar-refractivity contribution is -0.122. The van der Waals surface area contributed by atoms with Crippen LogP contribution in [0.1, 0.15) is 38.3 Å². The van der Waals surface area contributed by atoms with Gasteiger partial charge >= 0.3 is 0 Å². The Hall–Kier alpha value is -2.36. The molecule has 0 heterocycles. The standard InChI is InChI=1S/C20H24FNO2/c1-4-14-10-9-11-15(5-2)19(14)22-20(23)17(6-3)24-18-13-8-7-12-16(18)21/h7-13,17H,4-6H2,1-3H3,(H,22,23)/t17-/m1/s1. The molecule has 1 amide bonds. The number of halogens is 1. The van der Waals surface area contributed by atoms with Crippen LogP contribution in [0.4, 0.5) is 10.1 Å². The second-order valence-electron chi connectivity index (χ2n) is 5.59. The van der Waals surface area contributed by atoms with E-state index in [4.69, 9.17) is 4.74 Å². The van der Waals surface area contributed by atoms with E-state index in [0.717, 1.165) is 29.7 Å². The van der Waals surface area contributed by atoms with Crippen LogP contribution in [0.15, 0.2) is 42.5 Å². The number of benzene rings is 2. The van der Waals surface area contributed by atoms with Crippen molar-refractivity contribution in [2.24, 2.45) is 0 Å². The minimum atomic E-state index is -0.739. The Kier molecular flexibility index (Phi) is 6.36. The fourth-order valence-electron chi connectivity index (χ4n) is 2.62. The molecule has 4 heteroatoms. The maximum absolute atomic E-state index is 13.8. The first-order valence-corrected chi connectivity index (χ1v) is 8.43. The number of carbonyl (C=O) groups is 1. The van der Waals surface area contributed by atoms with Crippen molar-refractivity contribution in [3.05, 3.63) is 59.4 Å². The highest BCUT2D eigenvalue weighted by molar-refractivity contribution is 5.95. The molecule has 0 radical (unpaired) electrons. The molecule has 24 heavy (non-hydrogen) atoms. The summed E-state index contributed by atoms with van der Waals surface area (Å²) in [5, 5.41) is 2.99. The zero-order valence-electron chi connectivity index (χ0n) is 14.4. The maximum atomic E-state index is 13.8. The summed E-state index contributed by atoms with van der Waals surface area (Å²) < 4.78 is 19.3. The van der Waals surface area contributed by atoms with Gasteiger partial charge in [0.15, 0.2) is 17.7 Å². The minimum Gasteiger partial charge on any atom is -0.478 e. The van der Waals surface area contributed by atoms with Gasteiger partial charge in [0.2, 0.25) is 0 Å². The van der Waals surface area contributed by atoms with Gasteiger partial charge in [-0.05, 0) is 42.5 Å². The lowest BCUT2D eigenvalue weighted by Gasteiger charge is -2.20. The van der Waals surface area contributed by atoms with Crippen LogP contribution in [0, 0.1) is 5.82 Å². The maximum Gasteiger partial charge on any atom is 0.265 e. The number of anilines is 1. The van der Waals surface area contributed by atoms with Crippen LogP contribution >= 0.6 is 0 Å². The molecule has 0 bridgehead atoms. The van der Waals surface area contributed by atoms with Gasteiger partial charge < -0.3 is 10.1 Å². The van der Waals surface area contributed by atoms with Gasteiger partial charge in [0.1, 0.15) is 0 Å². The number of rotatable bonds is 7. The van der Waals surface area contributed by atoms with Gasteiger partial charge in [0.05, 0.1) is 0 Å². The molecule has 0 aromatic heterocycles. The summed E-state index contributed by atoms with van der Waals surface area (Å²) in [6, 6.07) is 12.1. The number of nitrogens with one attached hydrogen (secondary N) is 1. The van der Waals surface area contributed by atoms with E-state index < -0.39 is 11.9 Å². The van der Waals surface area contributed by atoms with E-state index in [1.54, 1.807) is 12.1 Å². The van der Waals surface area contributed by atoms with E-state index in [0.29, 0.717) is 6.42 Å². The van der Waals surface area contributed by atoms with Crippen LogP contribution in [0.25, 0.3) is 0 Å².